The van der Waals surface area contributed by atoms with Crippen LogP contribution in [0.4, 0.5) is 13.2 Å². The van der Waals surface area contributed by atoms with Crippen molar-refractivity contribution in [1.29, 1.82) is 0 Å². The van der Waals surface area contributed by atoms with Crippen LogP contribution >= 0.6 is 12.4 Å². The van der Waals surface area contributed by atoms with Crippen molar-refractivity contribution in [3.8, 4) is 5.69 Å². The molecule has 1 amide bonds. The van der Waals surface area contributed by atoms with Crippen LogP contribution in [-0.4, -0.2) is 33.5 Å². The molecule has 10 heteroatoms. The number of para-hydroxylation sites is 1. The maximum Gasteiger partial charge on any atom is 0.418 e. The minimum Gasteiger partial charge on any atom is -0.349 e. The quantitative estimate of drug-likeness (QED) is 0.838. The van der Waals surface area contributed by atoms with Crippen LogP contribution in [0.5, 0.6) is 0 Å². The number of carbonyl (C=O) groups is 1. The number of aromatic nitrogens is 3. The van der Waals surface area contributed by atoms with Crippen molar-refractivity contribution in [1.82, 2.24) is 20.3 Å². The Morgan fingerprint density at radius 3 is 2.68 bits per heavy atom. The number of halogens is 4. The molecule has 1 fully saturated rings. The first-order valence-electron chi connectivity index (χ1n) is 7.49. The van der Waals surface area contributed by atoms with Gasteiger partial charge in [0.1, 0.15) is 0 Å². The summed E-state index contributed by atoms with van der Waals surface area (Å²) in [6.45, 7) is 0.301. The Labute approximate surface area is 148 Å². The van der Waals surface area contributed by atoms with Gasteiger partial charge in [-0.1, -0.05) is 17.3 Å². The largest absolute Gasteiger partial charge is 0.418 e. The fourth-order valence-corrected chi connectivity index (χ4v) is 2.39. The van der Waals surface area contributed by atoms with E-state index in [9.17, 15) is 18.0 Å². The van der Waals surface area contributed by atoms with Gasteiger partial charge in [-0.25, -0.2) is 4.68 Å². The smallest absolute Gasteiger partial charge is 0.349 e. The van der Waals surface area contributed by atoms with Crippen LogP contribution in [-0.2, 0) is 6.18 Å². The number of nitrogens with zero attached hydrogens (tertiary/aromatic N) is 3. The van der Waals surface area contributed by atoms with Crippen LogP contribution in [0.25, 0.3) is 5.69 Å². The second-order valence-corrected chi connectivity index (χ2v) is 5.77. The Bertz CT molecular complexity index is 745. The SMILES string of the molecule is Cl.NC(CNC(=O)c1cn(-c2ccccc2C(F)(F)F)nn1)C1CC1. The molecule has 1 unspecified atom stereocenters. The molecule has 0 spiro atoms. The van der Waals surface area contributed by atoms with E-state index in [4.69, 9.17) is 5.73 Å². The second-order valence-electron chi connectivity index (χ2n) is 5.77. The minimum atomic E-state index is -4.53. The van der Waals surface area contributed by atoms with E-state index in [-0.39, 0.29) is 29.8 Å². The Hall–Kier alpha value is -2.13. The number of hydrogen-bond acceptors (Lipinski definition) is 4. The normalized spacial score (nSPS) is 15.4. The molecule has 1 aromatic carbocycles. The highest BCUT2D eigenvalue weighted by molar-refractivity contribution is 5.91. The Morgan fingerprint density at radius 1 is 1.36 bits per heavy atom. The van der Waals surface area contributed by atoms with Crippen LogP contribution in [0.2, 0.25) is 0 Å². The molecular weight excluding hydrogens is 359 g/mol. The third kappa shape index (κ3) is 4.49. The molecule has 3 rings (SSSR count). The zero-order valence-corrected chi connectivity index (χ0v) is 13.8. The first kappa shape index (κ1) is 19.2. The summed E-state index contributed by atoms with van der Waals surface area (Å²) in [4.78, 5) is 12.0. The third-order valence-corrected chi connectivity index (χ3v) is 3.91. The first-order valence-corrected chi connectivity index (χ1v) is 7.49. The van der Waals surface area contributed by atoms with Crippen LogP contribution < -0.4 is 11.1 Å². The van der Waals surface area contributed by atoms with Crippen molar-refractivity contribution in [2.45, 2.75) is 25.1 Å². The van der Waals surface area contributed by atoms with Gasteiger partial charge < -0.3 is 11.1 Å². The number of nitrogens with two attached hydrogens (primary N) is 1. The Morgan fingerprint density at radius 2 is 2.04 bits per heavy atom. The average Bonchev–Trinajstić information content (AvgIpc) is 3.28. The lowest BCUT2D eigenvalue weighted by atomic mass is 10.1. The van der Waals surface area contributed by atoms with E-state index in [1.54, 1.807) is 0 Å². The molecule has 0 bridgehead atoms. The predicted molar refractivity (Wildman–Crippen MR) is 86.6 cm³/mol. The van der Waals surface area contributed by atoms with Gasteiger partial charge in [-0.3, -0.25) is 4.79 Å². The van der Waals surface area contributed by atoms with Gasteiger partial charge in [0.25, 0.3) is 5.91 Å². The molecule has 136 valence electrons. The molecule has 1 aliphatic carbocycles. The molecule has 2 aromatic rings. The molecule has 25 heavy (non-hydrogen) atoms. The molecule has 1 atom stereocenters. The van der Waals surface area contributed by atoms with E-state index in [0.29, 0.717) is 12.5 Å². The monoisotopic (exact) mass is 375 g/mol. The molecule has 1 aromatic heterocycles. The number of benzene rings is 1. The van der Waals surface area contributed by atoms with Gasteiger partial charge in [-0.2, -0.15) is 13.2 Å². The number of nitrogens with one attached hydrogen (secondary N) is 1. The number of hydrogen-bond donors (Lipinski definition) is 2. The van der Waals surface area contributed by atoms with E-state index in [2.05, 4.69) is 15.6 Å². The molecule has 0 aliphatic heterocycles. The van der Waals surface area contributed by atoms with E-state index in [1.165, 1.54) is 24.4 Å². The summed E-state index contributed by atoms with van der Waals surface area (Å²) in [5, 5.41) is 9.91. The summed E-state index contributed by atoms with van der Waals surface area (Å²) in [6, 6.07) is 4.85. The maximum absolute atomic E-state index is 13.0. The van der Waals surface area contributed by atoms with Gasteiger partial charge >= 0.3 is 6.18 Å². The lowest BCUT2D eigenvalue weighted by molar-refractivity contribution is -0.137. The van der Waals surface area contributed by atoms with Gasteiger partial charge in [0.05, 0.1) is 17.4 Å². The van der Waals surface area contributed by atoms with Gasteiger partial charge in [0.2, 0.25) is 0 Å². The molecule has 0 radical (unpaired) electrons. The average molecular weight is 376 g/mol. The van der Waals surface area contributed by atoms with Gasteiger partial charge in [0, 0.05) is 12.6 Å². The maximum atomic E-state index is 13.0. The van der Waals surface area contributed by atoms with Crippen LogP contribution in [0.15, 0.2) is 30.5 Å². The van der Waals surface area contributed by atoms with E-state index in [1.807, 2.05) is 0 Å². The zero-order chi connectivity index (χ0) is 17.3. The minimum absolute atomic E-state index is 0. The summed E-state index contributed by atoms with van der Waals surface area (Å²) in [7, 11) is 0. The van der Waals surface area contributed by atoms with Gasteiger partial charge in [-0.05, 0) is 30.9 Å². The van der Waals surface area contributed by atoms with E-state index < -0.39 is 17.6 Å². The van der Waals surface area contributed by atoms with Gasteiger partial charge in [-0.15, -0.1) is 17.5 Å². The van der Waals surface area contributed by atoms with Crippen molar-refractivity contribution < 1.29 is 18.0 Å². The summed E-state index contributed by atoms with van der Waals surface area (Å²) < 4.78 is 40.1. The van der Waals surface area contributed by atoms with Crippen molar-refractivity contribution in [3.05, 3.63) is 41.7 Å². The first-order chi connectivity index (χ1) is 11.4. The van der Waals surface area contributed by atoms with Crippen molar-refractivity contribution in [2.75, 3.05) is 6.54 Å². The number of carbonyl (C=O) groups excluding carboxylic acids is 1. The van der Waals surface area contributed by atoms with Crippen molar-refractivity contribution in [3.63, 3.8) is 0 Å². The second kappa shape index (κ2) is 7.40. The summed E-state index contributed by atoms with van der Waals surface area (Å²) in [5.74, 6) is -0.0820. The predicted octanol–water partition coefficient (Wildman–Crippen LogP) is 2.17. The zero-order valence-electron chi connectivity index (χ0n) is 13.0. The van der Waals surface area contributed by atoms with Crippen molar-refractivity contribution >= 4 is 18.3 Å². The summed E-state index contributed by atoms with van der Waals surface area (Å²) in [6.07, 6.45) is -1.24. The fourth-order valence-electron chi connectivity index (χ4n) is 2.39. The molecular formula is C15H17ClF3N5O. The molecule has 1 aliphatic rings. The third-order valence-electron chi connectivity index (χ3n) is 3.91. The standard InChI is InChI=1S/C15H16F3N5O.ClH/c16-15(17,18)10-3-1-2-4-13(10)23-8-12(21-22-23)14(24)20-7-11(19)9-5-6-9;/h1-4,8-9,11H,5-7,19H2,(H,20,24);1H. The van der Waals surface area contributed by atoms with Gasteiger partial charge in [0.15, 0.2) is 5.69 Å². The fraction of sp³-hybridized carbons (Fsp3) is 0.400. The highest BCUT2D eigenvalue weighted by atomic mass is 35.5. The molecule has 3 N–H and O–H groups in total. The topological polar surface area (TPSA) is 85.8 Å². The molecule has 6 nitrogen and oxygen atoms in total. The molecule has 1 saturated carbocycles. The number of amides is 1. The highest BCUT2D eigenvalue weighted by Crippen LogP contribution is 2.33. The number of alkyl halides is 3. The Kier molecular flexibility index (Phi) is 5.69. The van der Waals surface area contributed by atoms with E-state index in [0.717, 1.165) is 23.6 Å². The van der Waals surface area contributed by atoms with Crippen LogP contribution in [0.1, 0.15) is 28.9 Å². The van der Waals surface area contributed by atoms with Crippen LogP contribution in [0, 0.1) is 5.92 Å². The highest BCUT2D eigenvalue weighted by Gasteiger charge is 2.34. The van der Waals surface area contributed by atoms with Crippen LogP contribution in [0.3, 0.4) is 0 Å². The van der Waals surface area contributed by atoms with E-state index >= 15 is 0 Å². The lowest BCUT2D eigenvalue weighted by Crippen LogP contribution is -2.38. The summed E-state index contributed by atoms with van der Waals surface area (Å²) in [5.41, 5.74) is 4.79. The lowest BCUT2D eigenvalue weighted by Gasteiger charge is -2.11. The summed E-state index contributed by atoms with van der Waals surface area (Å²) >= 11 is 0. The van der Waals surface area contributed by atoms with Crippen molar-refractivity contribution in [2.24, 2.45) is 11.7 Å². The number of rotatable bonds is 5. The molecule has 1 heterocycles. The Balaban J connectivity index is 0.00000225. The molecule has 0 saturated heterocycles.